The number of carbonyl (C=O) groups excluding carboxylic acids is 2. The standard InChI is InChI=1S/C24H22O4/c1-24(2,19-7-11-21(27-3)12-8-19)20-9-13-22(14-10-20)28-23(26)18-6-4-5-17(15-18)16-25/h4-16H,1-3H3. The molecule has 0 aromatic heterocycles. The van der Waals surface area contributed by atoms with E-state index in [0.717, 1.165) is 16.9 Å². The number of benzene rings is 3. The molecule has 0 N–H and O–H groups in total. The van der Waals surface area contributed by atoms with Crippen molar-refractivity contribution in [2.45, 2.75) is 19.3 Å². The maximum Gasteiger partial charge on any atom is 0.343 e. The maximum atomic E-state index is 12.3. The van der Waals surface area contributed by atoms with E-state index in [0.29, 0.717) is 23.2 Å². The molecule has 0 aliphatic carbocycles. The number of carbonyl (C=O) groups is 2. The molecule has 4 nitrogen and oxygen atoms in total. The number of hydrogen-bond acceptors (Lipinski definition) is 4. The SMILES string of the molecule is COc1ccc(C(C)(C)c2ccc(OC(=O)c3cccc(C=O)c3)cc2)cc1. The number of esters is 1. The first-order valence-corrected chi connectivity index (χ1v) is 8.96. The van der Waals surface area contributed by atoms with Crippen molar-refractivity contribution in [2.75, 3.05) is 7.11 Å². The molecule has 0 radical (unpaired) electrons. The van der Waals surface area contributed by atoms with Gasteiger partial charge in [-0.1, -0.05) is 50.2 Å². The Labute approximate surface area is 164 Å². The highest BCUT2D eigenvalue weighted by molar-refractivity contribution is 5.93. The van der Waals surface area contributed by atoms with Gasteiger partial charge in [0.05, 0.1) is 12.7 Å². The van der Waals surface area contributed by atoms with E-state index in [9.17, 15) is 9.59 Å². The lowest BCUT2D eigenvalue weighted by molar-refractivity contribution is 0.0734. The van der Waals surface area contributed by atoms with Crippen molar-refractivity contribution in [3.63, 3.8) is 0 Å². The molecule has 0 atom stereocenters. The van der Waals surface area contributed by atoms with Crippen molar-refractivity contribution in [3.05, 3.63) is 95.1 Å². The summed E-state index contributed by atoms with van der Waals surface area (Å²) in [4.78, 5) is 23.2. The van der Waals surface area contributed by atoms with Crippen LogP contribution >= 0.6 is 0 Å². The van der Waals surface area contributed by atoms with E-state index in [1.165, 1.54) is 6.07 Å². The third-order valence-electron chi connectivity index (χ3n) is 4.86. The Kier molecular flexibility index (Phi) is 5.59. The van der Waals surface area contributed by atoms with Crippen molar-refractivity contribution < 1.29 is 19.1 Å². The summed E-state index contributed by atoms with van der Waals surface area (Å²) in [6, 6.07) is 21.9. The molecule has 0 saturated carbocycles. The Morgan fingerprint density at radius 3 is 1.96 bits per heavy atom. The smallest absolute Gasteiger partial charge is 0.343 e. The molecule has 0 amide bonds. The van der Waals surface area contributed by atoms with Crippen LogP contribution in [0, 0.1) is 0 Å². The molecule has 4 heteroatoms. The molecule has 0 unspecified atom stereocenters. The molecule has 0 aliphatic heterocycles. The molecule has 3 aromatic rings. The minimum Gasteiger partial charge on any atom is -0.497 e. The number of ether oxygens (including phenoxy) is 2. The summed E-state index contributed by atoms with van der Waals surface area (Å²) in [7, 11) is 1.65. The van der Waals surface area contributed by atoms with Crippen molar-refractivity contribution in [3.8, 4) is 11.5 Å². The van der Waals surface area contributed by atoms with Gasteiger partial charge in [-0.25, -0.2) is 4.79 Å². The van der Waals surface area contributed by atoms with Crippen LogP contribution in [0.15, 0.2) is 72.8 Å². The zero-order valence-corrected chi connectivity index (χ0v) is 16.1. The van der Waals surface area contributed by atoms with Crippen LogP contribution in [0.5, 0.6) is 11.5 Å². The van der Waals surface area contributed by atoms with E-state index in [2.05, 4.69) is 13.8 Å². The van der Waals surface area contributed by atoms with Gasteiger partial charge in [-0.15, -0.1) is 0 Å². The van der Waals surface area contributed by atoms with Crippen LogP contribution in [0.4, 0.5) is 0 Å². The van der Waals surface area contributed by atoms with Crippen LogP contribution in [0.3, 0.4) is 0 Å². The summed E-state index contributed by atoms with van der Waals surface area (Å²) in [5.41, 5.74) is 2.81. The summed E-state index contributed by atoms with van der Waals surface area (Å²) in [6.45, 7) is 4.28. The summed E-state index contributed by atoms with van der Waals surface area (Å²) in [5, 5.41) is 0. The van der Waals surface area contributed by atoms with Crippen molar-refractivity contribution in [1.82, 2.24) is 0 Å². The molecular weight excluding hydrogens is 352 g/mol. The highest BCUT2D eigenvalue weighted by Crippen LogP contribution is 2.33. The average molecular weight is 374 g/mol. The van der Waals surface area contributed by atoms with Gasteiger partial charge in [0, 0.05) is 11.0 Å². The lowest BCUT2D eigenvalue weighted by atomic mass is 9.78. The van der Waals surface area contributed by atoms with Gasteiger partial charge in [0.1, 0.15) is 17.8 Å². The number of methoxy groups -OCH3 is 1. The lowest BCUT2D eigenvalue weighted by Gasteiger charge is -2.26. The van der Waals surface area contributed by atoms with Crippen LogP contribution in [0.25, 0.3) is 0 Å². The van der Waals surface area contributed by atoms with Crippen LogP contribution in [-0.4, -0.2) is 19.4 Å². The fourth-order valence-corrected chi connectivity index (χ4v) is 3.02. The van der Waals surface area contributed by atoms with E-state index in [4.69, 9.17) is 9.47 Å². The monoisotopic (exact) mass is 374 g/mol. The van der Waals surface area contributed by atoms with E-state index >= 15 is 0 Å². The Hall–Kier alpha value is -3.40. The zero-order chi connectivity index (χ0) is 20.1. The summed E-state index contributed by atoms with van der Waals surface area (Å²) in [5.74, 6) is 0.780. The summed E-state index contributed by atoms with van der Waals surface area (Å²) >= 11 is 0. The van der Waals surface area contributed by atoms with E-state index in [-0.39, 0.29) is 5.41 Å². The van der Waals surface area contributed by atoms with Crippen LogP contribution < -0.4 is 9.47 Å². The van der Waals surface area contributed by atoms with E-state index in [1.807, 2.05) is 36.4 Å². The molecule has 0 saturated heterocycles. The molecule has 0 fully saturated rings. The first-order valence-electron chi connectivity index (χ1n) is 8.96. The second-order valence-corrected chi connectivity index (χ2v) is 7.01. The molecule has 3 rings (SSSR count). The van der Waals surface area contributed by atoms with Crippen molar-refractivity contribution in [1.29, 1.82) is 0 Å². The van der Waals surface area contributed by atoms with Gasteiger partial charge in [0.15, 0.2) is 0 Å². The largest absolute Gasteiger partial charge is 0.497 e. The number of aldehydes is 1. The van der Waals surface area contributed by atoms with Crippen LogP contribution in [-0.2, 0) is 5.41 Å². The quantitative estimate of drug-likeness (QED) is 0.344. The van der Waals surface area contributed by atoms with Crippen molar-refractivity contribution >= 4 is 12.3 Å². The molecule has 28 heavy (non-hydrogen) atoms. The van der Waals surface area contributed by atoms with E-state index < -0.39 is 5.97 Å². The lowest BCUT2D eigenvalue weighted by Crippen LogP contribution is -2.18. The minimum absolute atomic E-state index is 0.215. The van der Waals surface area contributed by atoms with Gasteiger partial charge in [0.2, 0.25) is 0 Å². The fraction of sp³-hybridized carbons (Fsp3) is 0.167. The molecular formula is C24H22O4. The highest BCUT2D eigenvalue weighted by atomic mass is 16.5. The third kappa shape index (κ3) is 4.12. The van der Waals surface area contributed by atoms with Gasteiger partial charge in [-0.2, -0.15) is 0 Å². The molecule has 0 bridgehead atoms. The van der Waals surface area contributed by atoms with E-state index in [1.54, 1.807) is 37.4 Å². The maximum absolute atomic E-state index is 12.3. The van der Waals surface area contributed by atoms with Crippen LogP contribution in [0.1, 0.15) is 45.7 Å². The molecule has 0 spiro atoms. The number of hydrogen-bond donors (Lipinski definition) is 0. The molecule has 142 valence electrons. The number of rotatable bonds is 6. The van der Waals surface area contributed by atoms with Gasteiger partial charge in [-0.3, -0.25) is 4.79 Å². The molecule has 0 heterocycles. The van der Waals surface area contributed by atoms with Crippen molar-refractivity contribution in [2.24, 2.45) is 0 Å². The Morgan fingerprint density at radius 1 is 0.857 bits per heavy atom. The van der Waals surface area contributed by atoms with Gasteiger partial charge in [0.25, 0.3) is 0 Å². The predicted octanol–water partition coefficient (Wildman–Crippen LogP) is 5.05. The summed E-state index contributed by atoms with van der Waals surface area (Å²) < 4.78 is 10.7. The Balaban J connectivity index is 1.76. The summed E-state index contributed by atoms with van der Waals surface area (Å²) in [6.07, 6.45) is 0.701. The molecule has 0 aliphatic rings. The van der Waals surface area contributed by atoms with Gasteiger partial charge in [-0.05, 0) is 47.5 Å². The fourth-order valence-electron chi connectivity index (χ4n) is 3.02. The topological polar surface area (TPSA) is 52.6 Å². The highest BCUT2D eigenvalue weighted by Gasteiger charge is 2.23. The second kappa shape index (κ2) is 8.09. The first kappa shape index (κ1) is 19.4. The Morgan fingerprint density at radius 2 is 1.43 bits per heavy atom. The Bertz CT molecular complexity index is 970. The van der Waals surface area contributed by atoms with Crippen LogP contribution in [0.2, 0.25) is 0 Å². The normalized spacial score (nSPS) is 11.0. The predicted molar refractivity (Wildman–Crippen MR) is 108 cm³/mol. The zero-order valence-electron chi connectivity index (χ0n) is 16.1. The minimum atomic E-state index is -0.495. The first-order chi connectivity index (χ1) is 13.4. The third-order valence-corrected chi connectivity index (χ3v) is 4.86. The van der Waals surface area contributed by atoms with Gasteiger partial charge >= 0.3 is 5.97 Å². The molecule has 3 aromatic carbocycles. The van der Waals surface area contributed by atoms with Gasteiger partial charge < -0.3 is 9.47 Å². The second-order valence-electron chi connectivity index (χ2n) is 7.01. The average Bonchev–Trinajstić information content (AvgIpc) is 2.74.